The summed E-state index contributed by atoms with van der Waals surface area (Å²) in [5, 5.41) is 11.1. The lowest BCUT2D eigenvalue weighted by molar-refractivity contribution is -0.144. The Morgan fingerprint density at radius 3 is 2.80 bits per heavy atom. The van der Waals surface area contributed by atoms with Crippen molar-refractivity contribution in [3.05, 3.63) is 29.6 Å². The van der Waals surface area contributed by atoms with Gasteiger partial charge in [0.05, 0.1) is 6.61 Å². The van der Waals surface area contributed by atoms with Gasteiger partial charge >= 0.3 is 5.97 Å². The van der Waals surface area contributed by atoms with Crippen LogP contribution in [0.1, 0.15) is 29.9 Å². The second-order valence-electron chi connectivity index (χ2n) is 3.84. The smallest absolute Gasteiger partial charge is 0.328 e. The Bertz CT molecular complexity index is 528. The summed E-state index contributed by atoms with van der Waals surface area (Å²) in [6.45, 7) is 3.26. The van der Waals surface area contributed by atoms with Crippen molar-refractivity contribution in [3.63, 3.8) is 0 Å². The topological polar surface area (TPSA) is 88.5 Å². The molecule has 0 aliphatic carbocycles. The molecule has 0 bridgehead atoms. The Morgan fingerprint density at radius 1 is 1.50 bits per heavy atom. The van der Waals surface area contributed by atoms with Crippen LogP contribution in [0.4, 0.5) is 0 Å². The van der Waals surface area contributed by atoms with Crippen LogP contribution < -0.4 is 5.32 Å². The highest BCUT2D eigenvalue weighted by Crippen LogP contribution is 2.00. The highest BCUT2D eigenvalue weighted by atomic mass is 16.5. The van der Waals surface area contributed by atoms with E-state index in [1.54, 1.807) is 13.0 Å². The van der Waals surface area contributed by atoms with Crippen molar-refractivity contribution in [2.24, 2.45) is 0 Å². The van der Waals surface area contributed by atoms with Crippen molar-refractivity contribution in [2.45, 2.75) is 19.9 Å². The molecule has 2 N–H and O–H groups in total. The summed E-state index contributed by atoms with van der Waals surface area (Å²) in [5.41, 5.74) is 0.768. The zero-order valence-electron chi connectivity index (χ0n) is 11.3. The zero-order chi connectivity index (χ0) is 15.0. The van der Waals surface area contributed by atoms with Gasteiger partial charge in [-0.3, -0.25) is 4.79 Å². The van der Waals surface area contributed by atoms with Crippen molar-refractivity contribution in [3.8, 4) is 11.8 Å². The predicted octanol–water partition coefficient (Wildman–Crippen LogP) is 0.107. The number of esters is 1. The number of ether oxygens (including phenoxy) is 1. The van der Waals surface area contributed by atoms with E-state index in [2.05, 4.69) is 22.1 Å². The third-order valence-corrected chi connectivity index (χ3v) is 2.30. The predicted molar refractivity (Wildman–Crippen MR) is 71.8 cm³/mol. The average Bonchev–Trinajstić information content (AvgIpc) is 2.45. The molecule has 1 aromatic rings. The number of aromatic nitrogens is 1. The fraction of sp³-hybridized carbons (Fsp3) is 0.357. The monoisotopic (exact) mass is 276 g/mol. The van der Waals surface area contributed by atoms with Gasteiger partial charge in [-0.25, -0.2) is 9.78 Å². The Labute approximate surface area is 117 Å². The van der Waals surface area contributed by atoms with Crippen molar-refractivity contribution in [1.29, 1.82) is 0 Å². The minimum atomic E-state index is -0.738. The highest BCUT2D eigenvalue weighted by molar-refractivity contribution is 5.95. The summed E-state index contributed by atoms with van der Waals surface area (Å²) in [6.07, 6.45) is 1.42. The summed E-state index contributed by atoms with van der Waals surface area (Å²) >= 11 is 0. The van der Waals surface area contributed by atoms with Crippen LogP contribution in [-0.2, 0) is 9.53 Å². The molecule has 20 heavy (non-hydrogen) atoms. The van der Waals surface area contributed by atoms with Gasteiger partial charge in [0.2, 0.25) is 0 Å². The SMILES string of the molecule is CCOC(=O)C(C)NC(=O)c1ccc(C#CCO)cn1. The van der Waals surface area contributed by atoms with Crippen molar-refractivity contribution < 1.29 is 19.4 Å². The first kappa shape index (κ1) is 15.7. The molecular weight excluding hydrogens is 260 g/mol. The van der Waals surface area contributed by atoms with Crippen LogP contribution in [0.2, 0.25) is 0 Å². The fourth-order valence-electron chi connectivity index (χ4n) is 1.34. The molecule has 1 amide bonds. The molecule has 1 aromatic heterocycles. The van der Waals surface area contributed by atoms with Crippen LogP contribution in [0.25, 0.3) is 0 Å². The number of nitrogens with one attached hydrogen (secondary N) is 1. The normalized spacial score (nSPS) is 10.9. The number of amides is 1. The Hall–Kier alpha value is -2.39. The molecule has 0 radical (unpaired) electrons. The molecule has 6 heteroatoms. The van der Waals surface area contributed by atoms with Gasteiger partial charge in [-0.1, -0.05) is 11.8 Å². The first-order valence-corrected chi connectivity index (χ1v) is 6.11. The second kappa shape index (κ2) is 7.92. The van der Waals surface area contributed by atoms with Gasteiger partial charge in [0, 0.05) is 11.8 Å². The Morgan fingerprint density at radius 2 is 2.25 bits per heavy atom. The molecule has 0 saturated heterocycles. The van der Waals surface area contributed by atoms with Gasteiger partial charge < -0.3 is 15.2 Å². The summed E-state index contributed by atoms with van der Waals surface area (Å²) < 4.78 is 4.79. The number of hydrogen-bond donors (Lipinski definition) is 2. The van der Waals surface area contributed by atoms with E-state index in [1.165, 1.54) is 19.2 Å². The molecule has 1 atom stereocenters. The molecule has 1 rings (SSSR count). The Kier molecular flexibility index (Phi) is 6.20. The molecule has 0 aliphatic rings. The van der Waals surface area contributed by atoms with E-state index in [9.17, 15) is 9.59 Å². The summed E-state index contributed by atoms with van der Waals surface area (Å²) in [7, 11) is 0. The lowest BCUT2D eigenvalue weighted by Gasteiger charge is -2.12. The molecule has 0 spiro atoms. The average molecular weight is 276 g/mol. The quantitative estimate of drug-likeness (QED) is 0.602. The number of hydrogen-bond acceptors (Lipinski definition) is 5. The zero-order valence-corrected chi connectivity index (χ0v) is 11.3. The summed E-state index contributed by atoms with van der Waals surface area (Å²) in [4.78, 5) is 27.2. The van der Waals surface area contributed by atoms with Crippen LogP contribution in [0, 0.1) is 11.8 Å². The summed E-state index contributed by atoms with van der Waals surface area (Å²) in [6, 6.07) is 2.37. The van der Waals surface area contributed by atoms with Gasteiger partial charge in [-0.05, 0) is 26.0 Å². The number of nitrogens with zero attached hydrogens (tertiary/aromatic N) is 1. The molecule has 1 unspecified atom stereocenters. The van der Waals surface area contributed by atoms with Crippen molar-refractivity contribution in [2.75, 3.05) is 13.2 Å². The van der Waals surface area contributed by atoms with Crippen LogP contribution >= 0.6 is 0 Å². The number of rotatable bonds is 4. The van der Waals surface area contributed by atoms with Gasteiger partial charge in [0.15, 0.2) is 0 Å². The van der Waals surface area contributed by atoms with E-state index < -0.39 is 17.9 Å². The Balaban J connectivity index is 2.66. The van der Waals surface area contributed by atoms with E-state index in [0.717, 1.165) is 0 Å². The van der Waals surface area contributed by atoms with E-state index in [4.69, 9.17) is 9.84 Å². The van der Waals surface area contributed by atoms with Crippen LogP contribution in [0.5, 0.6) is 0 Å². The summed E-state index contributed by atoms with van der Waals surface area (Å²) in [5.74, 6) is 4.19. The fourth-order valence-corrected chi connectivity index (χ4v) is 1.34. The number of pyridine rings is 1. The number of carbonyl (C=O) groups is 2. The van der Waals surface area contributed by atoms with Gasteiger partial charge in [-0.15, -0.1) is 0 Å². The highest BCUT2D eigenvalue weighted by Gasteiger charge is 2.17. The van der Waals surface area contributed by atoms with Gasteiger partial charge in [-0.2, -0.15) is 0 Å². The maximum atomic E-state index is 11.8. The van der Waals surface area contributed by atoms with Crippen LogP contribution in [-0.4, -0.2) is 41.2 Å². The maximum absolute atomic E-state index is 11.8. The van der Waals surface area contributed by atoms with Crippen LogP contribution in [0.3, 0.4) is 0 Å². The molecule has 0 aromatic carbocycles. The van der Waals surface area contributed by atoms with E-state index in [1.807, 2.05) is 0 Å². The van der Waals surface area contributed by atoms with Crippen molar-refractivity contribution in [1.82, 2.24) is 10.3 Å². The largest absolute Gasteiger partial charge is 0.464 e. The third kappa shape index (κ3) is 4.71. The number of aliphatic hydroxyl groups is 1. The standard InChI is InChI=1S/C14H16N2O4/c1-3-20-14(19)10(2)16-13(18)12-7-6-11(9-15-12)5-4-8-17/h6-7,9-10,17H,3,8H2,1-2H3,(H,16,18). The van der Waals surface area contributed by atoms with E-state index >= 15 is 0 Å². The van der Waals surface area contributed by atoms with Gasteiger partial charge in [0.25, 0.3) is 5.91 Å². The van der Waals surface area contributed by atoms with Gasteiger partial charge in [0.1, 0.15) is 18.3 Å². The first-order chi connectivity index (χ1) is 9.58. The third-order valence-electron chi connectivity index (χ3n) is 2.30. The minimum absolute atomic E-state index is 0.177. The first-order valence-electron chi connectivity index (χ1n) is 6.11. The number of carbonyl (C=O) groups excluding carboxylic acids is 2. The minimum Gasteiger partial charge on any atom is -0.464 e. The molecule has 0 fully saturated rings. The molecule has 0 saturated carbocycles. The number of aliphatic hydroxyl groups excluding tert-OH is 1. The lowest BCUT2D eigenvalue weighted by atomic mass is 10.2. The van der Waals surface area contributed by atoms with E-state index in [-0.39, 0.29) is 18.9 Å². The molecule has 6 nitrogen and oxygen atoms in total. The van der Waals surface area contributed by atoms with E-state index in [0.29, 0.717) is 5.56 Å². The molecular formula is C14H16N2O4. The van der Waals surface area contributed by atoms with Crippen molar-refractivity contribution >= 4 is 11.9 Å². The molecule has 0 aliphatic heterocycles. The lowest BCUT2D eigenvalue weighted by Crippen LogP contribution is -2.39. The molecule has 1 heterocycles. The maximum Gasteiger partial charge on any atom is 0.328 e. The van der Waals surface area contributed by atoms with Crippen LogP contribution in [0.15, 0.2) is 18.3 Å². The molecule has 106 valence electrons. The second-order valence-corrected chi connectivity index (χ2v) is 3.84.